The molecule has 1 aromatic heterocycles. The number of rotatable bonds is 0. The normalized spacial score (nSPS) is 8.00. The summed E-state index contributed by atoms with van der Waals surface area (Å²) in [5.41, 5.74) is 1.14. The maximum absolute atomic E-state index is 9.00. The molecule has 0 aliphatic heterocycles. The zero-order valence-electron chi connectivity index (χ0n) is 7.06. The SMILES string of the molecule is CC.Cc1bc(Br)c(O)cc1. The molecule has 11 heavy (non-hydrogen) atoms. The Bertz CT molecular complexity index is 225. The molecule has 1 rings (SSSR count). The fourth-order valence-electron chi connectivity index (χ4n) is 0.612. The zero-order chi connectivity index (χ0) is 8.85. The average molecular weight is 215 g/mol. The number of aryl methyl sites for hydroxylation is 1. The summed E-state index contributed by atoms with van der Waals surface area (Å²) in [6, 6.07) is 3.53. The van der Waals surface area contributed by atoms with Crippen LogP contribution in [0.15, 0.2) is 16.5 Å². The Morgan fingerprint density at radius 1 is 1.36 bits per heavy atom. The molecule has 60 valence electrons. The predicted octanol–water partition coefficient (Wildman–Crippen LogP) is 2.83. The molecule has 1 nitrogen and oxygen atoms in total. The summed E-state index contributed by atoms with van der Waals surface area (Å²) in [5.74, 6) is 0.292. The molecule has 0 radical (unpaired) electrons. The maximum atomic E-state index is 9.00. The van der Waals surface area contributed by atoms with E-state index in [1.165, 1.54) is 0 Å². The Hall–Kier alpha value is -0.305. The molecule has 3 heteroatoms. The third-order valence-corrected chi connectivity index (χ3v) is 1.74. The standard InChI is InChI=1S/C6H6BBrO.C2H6/c1-4-2-3-5(9)6(8)7-4;1-2/h2-3,9H,1H3;1-2H3. The summed E-state index contributed by atoms with van der Waals surface area (Å²) in [4.78, 5) is 0. The second kappa shape index (κ2) is 5.36. The van der Waals surface area contributed by atoms with Gasteiger partial charge >= 0.3 is 62.6 Å². The first-order valence-corrected chi connectivity index (χ1v) is 4.44. The van der Waals surface area contributed by atoms with Crippen molar-refractivity contribution in [1.82, 2.24) is 0 Å². The van der Waals surface area contributed by atoms with Crippen LogP contribution < -0.4 is 0 Å². The topological polar surface area (TPSA) is 20.2 Å². The van der Waals surface area contributed by atoms with Crippen LogP contribution in [0.2, 0.25) is 0 Å². The van der Waals surface area contributed by atoms with Gasteiger partial charge < -0.3 is 0 Å². The molecule has 0 atom stereocenters. The van der Waals surface area contributed by atoms with Crippen molar-refractivity contribution in [2.24, 2.45) is 0 Å². The molecule has 0 bridgehead atoms. The molecule has 0 saturated heterocycles. The van der Waals surface area contributed by atoms with Gasteiger partial charge in [-0.3, -0.25) is 0 Å². The number of hydrogen-bond donors (Lipinski definition) is 1. The van der Waals surface area contributed by atoms with Crippen molar-refractivity contribution in [2.75, 3.05) is 0 Å². The summed E-state index contributed by atoms with van der Waals surface area (Å²) in [7, 11) is 0. The first-order valence-electron chi connectivity index (χ1n) is 3.65. The third-order valence-electron chi connectivity index (χ3n) is 1.10. The van der Waals surface area contributed by atoms with Crippen LogP contribution in [0.4, 0.5) is 0 Å². The number of aromatic hydroxyl groups is 1. The number of halogens is 1. The van der Waals surface area contributed by atoms with Gasteiger partial charge in [-0.1, -0.05) is 13.8 Å². The molecular weight excluding hydrogens is 203 g/mol. The molecule has 1 N–H and O–H groups in total. The second-order valence-electron chi connectivity index (χ2n) is 1.95. The first kappa shape index (κ1) is 10.7. The van der Waals surface area contributed by atoms with Crippen LogP contribution in [0.3, 0.4) is 0 Å². The Morgan fingerprint density at radius 3 is 2.27 bits per heavy atom. The molecule has 0 aliphatic rings. The van der Waals surface area contributed by atoms with E-state index in [1.54, 1.807) is 6.07 Å². The van der Waals surface area contributed by atoms with Crippen molar-refractivity contribution in [3.8, 4) is 5.75 Å². The summed E-state index contributed by atoms with van der Waals surface area (Å²) in [6.45, 7) is 7.85. The van der Waals surface area contributed by atoms with Crippen LogP contribution in [0, 0.1) is 6.92 Å². The van der Waals surface area contributed by atoms with Crippen molar-refractivity contribution in [2.45, 2.75) is 20.8 Å². The van der Waals surface area contributed by atoms with Crippen molar-refractivity contribution in [1.29, 1.82) is 0 Å². The van der Waals surface area contributed by atoms with E-state index >= 15 is 0 Å². The molecule has 0 spiro atoms. The van der Waals surface area contributed by atoms with Crippen LogP contribution in [-0.2, 0) is 0 Å². The average Bonchev–Trinajstić information content (AvgIpc) is 2.02. The molecule has 0 saturated carbocycles. The van der Waals surface area contributed by atoms with E-state index in [0.29, 0.717) is 5.75 Å². The van der Waals surface area contributed by atoms with Gasteiger partial charge in [-0.2, -0.15) is 0 Å². The minimum absolute atomic E-state index is 0.292. The van der Waals surface area contributed by atoms with E-state index in [-0.39, 0.29) is 0 Å². The molecule has 0 aromatic carbocycles. The summed E-state index contributed by atoms with van der Waals surface area (Å²) in [5, 5.41) is 9.00. The summed E-state index contributed by atoms with van der Waals surface area (Å²) >= 11 is 3.20. The molecule has 1 aromatic rings. The molecule has 0 unspecified atom stereocenters. The van der Waals surface area contributed by atoms with E-state index in [0.717, 1.165) is 9.83 Å². The van der Waals surface area contributed by atoms with Crippen LogP contribution in [0.1, 0.15) is 19.3 Å². The van der Waals surface area contributed by atoms with E-state index in [4.69, 9.17) is 5.11 Å². The number of hydrogen-bond acceptors (Lipinski definition) is 1. The van der Waals surface area contributed by atoms with Gasteiger partial charge in [-0.15, -0.1) is 0 Å². The molecular formula is C8H12BBrO. The van der Waals surface area contributed by atoms with Crippen LogP contribution in [-0.4, -0.2) is 12.0 Å². The van der Waals surface area contributed by atoms with E-state index in [1.807, 2.05) is 33.7 Å². The van der Waals surface area contributed by atoms with Gasteiger partial charge in [0.15, 0.2) is 0 Å². The third kappa shape index (κ3) is 3.56. The van der Waals surface area contributed by atoms with Crippen LogP contribution in [0.25, 0.3) is 0 Å². The fourth-order valence-corrected chi connectivity index (χ4v) is 1.11. The van der Waals surface area contributed by atoms with E-state index in [9.17, 15) is 0 Å². The first-order chi connectivity index (χ1) is 5.20. The molecule has 0 amide bonds. The summed E-state index contributed by atoms with van der Waals surface area (Å²) in [6.07, 6.45) is 0. The predicted molar refractivity (Wildman–Crippen MR) is 53.2 cm³/mol. The van der Waals surface area contributed by atoms with Gasteiger partial charge in [0.25, 0.3) is 0 Å². The molecule has 0 fully saturated rings. The van der Waals surface area contributed by atoms with Crippen molar-refractivity contribution >= 4 is 22.8 Å². The summed E-state index contributed by atoms with van der Waals surface area (Å²) < 4.78 is 0.752. The van der Waals surface area contributed by atoms with Gasteiger partial charge in [0.1, 0.15) is 0 Å². The van der Waals surface area contributed by atoms with Gasteiger partial charge in [-0.25, -0.2) is 0 Å². The van der Waals surface area contributed by atoms with Crippen LogP contribution in [0.5, 0.6) is 5.75 Å². The Labute approximate surface area is 76.8 Å². The van der Waals surface area contributed by atoms with Gasteiger partial charge in [-0.05, 0) is 0 Å². The Balaban J connectivity index is 0.000000461. The second-order valence-corrected chi connectivity index (χ2v) is 2.81. The van der Waals surface area contributed by atoms with Crippen molar-refractivity contribution in [3.63, 3.8) is 0 Å². The fraction of sp³-hybridized carbons (Fsp3) is 0.375. The molecule has 1 heterocycles. The zero-order valence-corrected chi connectivity index (χ0v) is 8.64. The Kier molecular flexibility index (Phi) is 5.21. The monoisotopic (exact) mass is 214 g/mol. The Morgan fingerprint density at radius 2 is 1.91 bits per heavy atom. The van der Waals surface area contributed by atoms with Gasteiger partial charge in [0.05, 0.1) is 0 Å². The van der Waals surface area contributed by atoms with Gasteiger partial charge in [0.2, 0.25) is 0 Å². The minimum atomic E-state index is 0.292. The van der Waals surface area contributed by atoms with E-state index < -0.39 is 0 Å². The van der Waals surface area contributed by atoms with E-state index in [2.05, 4.69) is 15.9 Å². The molecule has 0 aliphatic carbocycles. The van der Waals surface area contributed by atoms with Gasteiger partial charge in [0, 0.05) is 0 Å². The van der Waals surface area contributed by atoms with Crippen molar-refractivity contribution < 1.29 is 5.11 Å². The quantitative estimate of drug-likeness (QED) is 0.705. The van der Waals surface area contributed by atoms with Crippen LogP contribution >= 0.6 is 15.9 Å². The van der Waals surface area contributed by atoms with Crippen molar-refractivity contribution in [3.05, 3.63) is 22.0 Å².